The molecule has 1 rings (SSSR count). The van der Waals surface area contributed by atoms with Crippen LogP contribution in [0.1, 0.15) is 39.2 Å². The summed E-state index contributed by atoms with van der Waals surface area (Å²) in [7, 11) is -3.24. The Morgan fingerprint density at radius 1 is 1.05 bits per heavy atom. The Kier molecular flexibility index (Phi) is 6.38. The van der Waals surface area contributed by atoms with E-state index in [1.54, 1.807) is 26.0 Å². The van der Waals surface area contributed by atoms with E-state index in [4.69, 9.17) is 11.5 Å². The van der Waals surface area contributed by atoms with Crippen molar-refractivity contribution in [3.05, 3.63) is 29.8 Å². The Balaban J connectivity index is 3.11. The van der Waals surface area contributed by atoms with Crippen LogP contribution in [0.5, 0.6) is 0 Å². The van der Waals surface area contributed by atoms with Crippen LogP contribution in [0.3, 0.4) is 0 Å². The normalized spacial score (nSPS) is 15.4. The molecule has 0 amide bonds. The van der Waals surface area contributed by atoms with E-state index in [1.807, 2.05) is 12.1 Å². The number of benzene rings is 1. The van der Waals surface area contributed by atoms with Gasteiger partial charge in [-0.2, -0.15) is 0 Å². The zero-order valence-electron chi connectivity index (χ0n) is 13.4. The van der Waals surface area contributed by atoms with Gasteiger partial charge in [-0.15, -0.1) is 0 Å². The van der Waals surface area contributed by atoms with Crippen LogP contribution in [0.15, 0.2) is 29.2 Å². The number of hydrogen-bond donors (Lipinski definition) is 2. The Bertz CT molecular complexity index is 551. The minimum absolute atomic E-state index is 0.212. The van der Waals surface area contributed by atoms with Gasteiger partial charge in [-0.25, -0.2) is 8.42 Å². The molecule has 4 N–H and O–H groups in total. The second kappa shape index (κ2) is 7.38. The summed E-state index contributed by atoms with van der Waals surface area (Å²) in [5.41, 5.74) is 12.6. The molecule has 0 aliphatic carbocycles. The molecule has 21 heavy (non-hydrogen) atoms. The highest BCUT2D eigenvalue weighted by Gasteiger charge is 2.24. The van der Waals surface area contributed by atoms with Crippen molar-refractivity contribution in [1.29, 1.82) is 0 Å². The van der Waals surface area contributed by atoms with E-state index in [9.17, 15) is 8.42 Å². The van der Waals surface area contributed by atoms with Gasteiger partial charge in [-0.1, -0.05) is 26.0 Å². The fourth-order valence-electron chi connectivity index (χ4n) is 2.48. The molecule has 0 aromatic heterocycles. The van der Waals surface area contributed by atoms with Crippen LogP contribution in [0, 0.1) is 11.8 Å². The van der Waals surface area contributed by atoms with Gasteiger partial charge in [-0.05, 0) is 62.4 Å². The van der Waals surface area contributed by atoms with Gasteiger partial charge in [0.25, 0.3) is 0 Å². The summed E-state index contributed by atoms with van der Waals surface area (Å²) in [6.07, 6.45) is 0. The summed E-state index contributed by atoms with van der Waals surface area (Å²) in [5, 5.41) is -0.415. The predicted molar refractivity (Wildman–Crippen MR) is 87.9 cm³/mol. The Morgan fingerprint density at radius 2 is 1.62 bits per heavy atom. The molecule has 0 bridgehead atoms. The van der Waals surface area contributed by atoms with E-state index in [-0.39, 0.29) is 11.8 Å². The van der Waals surface area contributed by atoms with Crippen LogP contribution in [-0.4, -0.2) is 26.8 Å². The minimum Gasteiger partial charge on any atom is -0.330 e. The van der Waals surface area contributed by atoms with E-state index >= 15 is 0 Å². The highest BCUT2D eigenvalue weighted by molar-refractivity contribution is 7.92. The van der Waals surface area contributed by atoms with E-state index in [0.717, 1.165) is 5.56 Å². The lowest BCUT2D eigenvalue weighted by molar-refractivity contribution is 0.328. The third-order valence-corrected chi connectivity index (χ3v) is 6.62. The molecule has 0 aliphatic heterocycles. The Labute approximate surface area is 128 Å². The first-order valence-electron chi connectivity index (χ1n) is 7.49. The number of hydrogen-bond acceptors (Lipinski definition) is 4. The molecule has 0 saturated heterocycles. The van der Waals surface area contributed by atoms with Crippen molar-refractivity contribution in [1.82, 2.24) is 0 Å². The maximum Gasteiger partial charge on any atom is 0.180 e. The fourth-order valence-corrected chi connectivity index (χ4v) is 3.60. The van der Waals surface area contributed by atoms with Gasteiger partial charge >= 0.3 is 0 Å². The molecule has 1 aromatic rings. The van der Waals surface area contributed by atoms with Crippen LogP contribution in [0.4, 0.5) is 0 Å². The molecule has 0 fully saturated rings. The highest BCUT2D eigenvalue weighted by atomic mass is 32.2. The Morgan fingerprint density at radius 3 is 2.10 bits per heavy atom. The maximum absolute atomic E-state index is 12.3. The van der Waals surface area contributed by atoms with Crippen LogP contribution in [-0.2, 0) is 9.84 Å². The first kappa shape index (κ1) is 18.1. The predicted octanol–water partition coefficient (Wildman–Crippen LogP) is 2.14. The topological polar surface area (TPSA) is 86.2 Å². The number of sulfone groups is 1. The van der Waals surface area contributed by atoms with Crippen molar-refractivity contribution in [2.24, 2.45) is 23.3 Å². The smallest absolute Gasteiger partial charge is 0.180 e. The van der Waals surface area contributed by atoms with Gasteiger partial charge in [0.2, 0.25) is 0 Å². The van der Waals surface area contributed by atoms with Crippen LogP contribution < -0.4 is 11.5 Å². The van der Waals surface area contributed by atoms with Crippen LogP contribution in [0.25, 0.3) is 0 Å². The summed E-state index contributed by atoms with van der Waals surface area (Å²) in [6.45, 7) is 8.72. The Hall–Kier alpha value is -0.910. The summed E-state index contributed by atoms with van der Waals surface area (Å²) < 4.78 is 24.6. The van der Waals surface area contributed by atoms with Crippen molar-refractivity contribution in [3.63, 3.8) is 0 Å². The SMILES string of the molecule is CC(c1cccc(S(=O)(=O)C(C)C)c1)C(C)C(CN)CN. The van der Waals surface area contributed by atoms with Gasteiger partial charge < -0.3 is 11.5 Å². The molecule has 4 nitrogen and oxygen atoms in total. The zero-order chi connectivity index (χ0) is 16.2. The molecule has 2 atom stereocenters. The van der Waals surface area contributed by atoms with Crippen LogP contribution in [0.2, 0.25) is 0 Å². The first-order chi connectivity index (χ1) is 9.75. The summed E-state index contributed by atoms with van der Waals surface area (Å²) >= 11 is 0. The van der Waals surface area contributed by atoms with Crippen molar-refractivity contribution in [2.75, 3.05) is 13.1 Å². The number of nitrogens with two attached hydrogens (primary N) is 2. The first-order valence-corrected chi connectivity index (χ1v) is 9.04. The lowest BCUT2D eigenvalue weighted by Gasteiger charge is -2.27. The third kappa shape index (κ3) is 4.05. The molecular weight excluding hydrogens is 284 g/mol. The monoisotopic (exact) mass is 312 g/mol. The molecule has 0 radical (unpaired) electrons. The second-order valence-corrected chi connectivity index (χ2v) is 8.55. The van der Waals surface area contributed by atoms with Crippen molar-refractivity contribution in [2.45, 2.75) is 43.8 Å². The quantitative estimate of drug-likeness (QED) is 0.807. The zero-order valence-corrected chi connectivity index (χ0v) is 14.2. The van der Waals surface area contributed by atoms with E-state index in [2.05, 4.69) is 13.8 Å². The molecule has 0 saturated carbocycles. The van der Waals surface area contributed by atoms with Gasteiger partial charge in [0.05, 0.1) is 10.1 Å². The van der Waals surface area contributed by atoms with Gasteiger partial charge in [0, 0.05) is 0 Å². The van der Waals surface area contributed by atoms with E-state index in [1.165, 1.54) is 0 Å². The van der Waals surface area contributed by atoms with Gasteiger partial charge in [-0.3, -0.25) is 0 Å². The second-order valence-electron chi connectivity index (χ2n) is 6.05. The van der Waals surface area contributed by atoms with Gasteiger partial charge in [0.15, 0.2) is 9.84 Å². The van der Waals surface area contributed by atoms with Crippen molar-refractivity contribution in [3.8, 4) is 0 Å². The maximum atomic E-state index is 12.3. The average molecular weight is 312 g/mol. The summed E-state index contributed by atoms with van der Waals surface area (Å²) in [6, 6.07) is 7.25. The fraction of sp³-hybridized carbons (Fsp3) is 0.625. The standard InChI is InChI=1S/C16H28N2O2S/c1-11(2)21(19,20)16-7-5-6-14(8-16)12(3)13(4)15(9-17)10-18/h5-8,11-13,15H,9-10,17-18H2,1-4H3. The molecule has 0 aliphatic rings. The van der Waals surface area contributed by atoms with Crippen LogP contribution >= 0.6 is 0 Å². The third-order valence-electron chi connectivity index (χ3n) is 4.47. The van der Waals surface area contributed by atoms with Crippen molar-refractivity contribution >= 4 is 9.84 Å². The molecule has 1 aromatic carbocycles. The van der Waals surface area contributed by atoms with E-state index < -0.39 is 15.1 Å². The molecule has 0 heterocycles. The lowest BCUT2D eigenvalue weighted by Crippen LogP contribution is -2.31. The summed E-state index contributed by atoms with van der Waals surface area (Å²) in [4.78, 5) is 0.395. The largest absolute Gasteiger partial charge is 0.330 e. The minimum atomic E-state index is -3.24. The molecule has 5 heteroatoms. The summed E-state index contributed by atoms with van der Waals surface area (Å²) in [5.74, 6) is 0.756. The average Bonchev–Trinajstić information content (AvgIpc) is 2.47. The molecule has 0 spiro atoms. The highest BCUT2D eigenvalue weighted by Crippen LogP contribution is 2.30. The molecule has 2 unspecified atom stereocenters. The van der Waals surface area contributed by atoms with Gasteiger partial charge in [0.1, 0.15) is 0 Å². The lowest BCUT2D eigenvalue weighted by atomic mass is 9.80. The molecule has 120 valence electrons. The van der Waals surface area contributed by atoms with Crippen molar-refractivity contribution < 1.29 is 8.42 Å². The molecular formula is C16H28N2O2S. The van der Waals surface area contributed by atoms with E-state index in [0.29, 0.717) is 23.9 Å². The number of rotatable bonds is 7.